The zero-order valence-corrected chi connectivity index (χ0v) is 12.3. The van der Waals surface area contributed by atoms with Crippen molar-refractivity contribution in [2.45, 2.75) is 12.8 Å². The van der Waals surface area contributed by atoms with E-state index in [4.69, 9.17) is 9.47 Å². The van der Waals surface area contributed by atoms with E-state index in [1.165, 1.54) is 10.9 Å². The van der Waals surface area contributed by atoms with E-state index < -0.39 is 0 Å². The van der Waals surface area contributed by atoms with E-state index >= 15 is 0 Å². The Hall–Kier alpha value is -1.83. The molecule has 0 radical (unpaired) electrons. The lowest BCUT2D eigenvalue weighted by Gasteiger charge is -2.10. The second-order valence-corrected chi connectivity index (χ2v) is 4.94. The molecule has 2 rings (SSSR count). The second kappa shape index (κ2) is 7.68. The molecule has 0 heterocycles. The van der Waals surface area contributed by atoms with Crippen LogP contribution in [0.5, 0.6) is 11.5 Å². The summed E-state index contributed by atoms with van der Waals surface area (Å²) in [5.41, 5.74) is 2.37. The summed E-state index contributed by atoms with van der Waals surface area (Å²) in [4.78, 5) is 0. The predicted octanol–water partition coefficient (Wildman–Crippen LogP) is 0.441. The van der Waals surface area contributed by atoms with Gasteiger partial charge in [-0.25, -0.2) is 0 Å². The van der Waals surface area contributed by atoms with Crippen LogP contribution in [0.15, 0.2) is 48.5 Å². The summed E-state index contributed by atoms with van der Waals surface area (Å²) in [5.74, 6) is 1.96. The Balaban J connectivity index is 1.63. The molecular formula is C16H20B2O2. The van der Waals surface area contributed by atoms with Gasteiger partial charge in [0, 0.05) is 0 Å². The van der Waals surface area contributed by atoms with Gasteiger partial charge in [-0.3, -0.25) is 0 Å². The number of hydrogen-bond acceptors (Lipinski definition) is 2. The van der Waals surface area contributed by atoms with E-state index in [1.807, 2.05) is 36.4 Å². The topological polar surface area (TPSA) is 18.5 Å². The van der Waals surface area contributed by atoms with Crippen molar-refractivity contribution in [1.29, 1.82) is 0 Å². The Bertz CT molecular complexity index is 494. The van der Waals surface area contributed by atoms with Gasteiger partial charge in [-0.15, -0.1) is 0 Å². The van der Waals surface area contributed by atoms with Crippen LogP contribution in [0.2, 0.25) is 0 Å². The Morgan fingerprint density at radius 3 is 1.45 bits per heavy atom. The van der Waals surface area contributed by atoms with Gasteiger partial charge in [0.2, 0.25) is 0 Å². The minimum Gasteiger partial charge on any atom is -0.494 e. The molecule has 0 N–H and O–H groups in total. The highest BCUT2D eigenvalue weighted by molar-refractivity contribution is 6.34. The third-order valence-corrected chi connectivity index (χ3v) is 3.24. The fraction of sp³-hybridized carbons (Fsp3) is 0.250. The zero-order valence-electron chi connectivity index (χ0n) is 12.3. The van der Waals surface area contributed by atoms with Crippen molar-refractivity contribution in [2.75, 3.05) is 13.2 Å². The number of ether oxygens (including phenoxy) is 2. The molecule has 0 fully saturated rings. The molecule has 0 aliphatic carbocycles. The van der Waals surface area contributed by atoms with E-state index in [0.29, 0.717) is 0 Å². The molecule has 2 nitrogen and oxygen atoms in total. The lowest BCUT2D eigenvalue weighted by atomic mass is 9.95. The maximum absolute atomic E-state index is 5.76. The van der Waals surface area contributed by atoms with Gasteiger partial charge in [-0.1, -0.05) is 36.4 Å². The molecule has 0 saturated carbocycles. The molecule has 0 saturated heterocycles. The summed E-state index contributed by atoms with van der Waals surface area (Å²) in [7, 11) is 4.13. The van der Waals surface area contributed by atoms with Crippen molar-refractivity contribution in [3.05, 3.63) is 48.5 Å². The van der Waals surface area contributed by atoms with Crippen LogP contribution >= 0.6 is 0 Å². The summed E-state index contributed by atoms with van der Waals surface area (Å²) in [6.45, 7) is 1.48. The minimum atomic E-state index is 0.738. The van der Waals surface area contributed by atoms with Gasteiger partial charge in [0.1, 0.15) is 27.2 Å². The van der Waals surface area contributed by atoms with E-state index in [1.54, 1.807) is 0 Å². The van der Waals surface area contributed by atoms with Crippen LogP contribution in [0.25, 0.3) is 0 Å². The van der Waals surface area contributed by atoms with Crippen LogP contribution in [-0.4, -0.2) is 28.9 Å². The number of unbranched alkanes of at least 4 members (excludes halogenated alkanes) is 1. The summed E-state index contributed by atoms with van der Waals surface area (Å²) in [5, 5.41) is 0. The van der Waals surface area contributed by atoms with E-state index in [-0.39, 0.29) is 0 Å². The van der Waals surface area contributed by atoms with Crippen molar-refractivity contribution in [1.82, 2.24) is 0 Å². The van der Waals surface area contributed by atoms with Crippen LogP contribution < -0.4 is 20.4 Å². The van der Waals surface area contributed by atoms with E-state index in [2.05, 4.69) is 27.8 Å². The second-order valence-electron chi connectivity index (χ2n) is 4.94. The molecule has 0 amide bonds. The quantitative estimate of drug-likeness (QED) is 0.535. The molecule has 2 aromatic rings. The number of benzene rings is 2. The molecule has 2 aromatic carbocycles. The minimum absolute atomic E-state index is 0.738. The Morgan fingerprint density at radius 1 is 0.650 bits per heavy atom. The van der Waals surface area contributed by atoms with E-state index in [9.17, 15) is 0 Å². The summed E-state index contributed by atoms with van der Waals surface area (Å²) >= 11 is 0. The van der Waals surface area contributed by atoms with Crippen LogP contribution in [-0.2, 0) is 0 Å². The van der Waals surface area contributed by atoms with Crippen molar-refractivity contribution >= 4 is 26.6 Å². The number of rotatable bonds is 7. The molecule has 0 bridgehead atoms. The lowest BCUT2D eigenvalue weighted by Crippen LogP contribution is -2.12. The maximum atomic E-state index is 5.76. The summed E-state index contributed by atoms with van der Waals surface area (Å²) in [6, 6.07) is 16.2. The fourth-order valence-electron chi connectivity index (χ4n) is 2.01. The Labute approximate surface area is 122 Å². The Kier molecular flexibility index (Phi) is 5.60. The maximum Gasteiger partial charge on any atom is 0.144 e. The van der Waals surface area contributed by atoms with E-state index in [0.717, 1.165) is 37.6 Å². The highest BCUT2D eigenvalue weighted by Gasteiger charge is 1.99. The third kappa shape index (κ3) is 4.37. The van der Waals surface area contributed by atoms with Crippen LogP contribution in [0.4, 0.5) is 0 Å². The van der Waals surface area contributed by atoms with Gasteiger partial charge in [0.05, 0.1) is 13.2 Å². The van der Waals surface area contributed by atoms with Gasteiger partial charge < -0.3 is 9.47 Å². The molecule has 0 aliphatic rings. The van der Waals surface area contributed by atoms with Crippen LogP contribution in [0.3, 0.4) is 0 Å². The van der Waals surface area contributed by atoms with Crippen LogP contribution in [0, 0.1) is 0 Å². The number of para-hydroxylation sites is 2. The average molecular weight is 266 g/mol. The largest absolute Gasteiger partial charge is 0.494 e. The molecule has 0 atom stereocenters. The highest BCUT2D eigenvalue weighted by atomic mass is 16.5. The standard InChI is InChI=1S/C16H20B2O2/c17-13-7-1-3-9-15(13)19-11-5-6-12-20-16-10-4-2-8-14(16)18/h1-4,7-10H,5-6,11-12,17-18H2. The molecule has 102 valence electrons. The number of hydrogen-bond donors (Lipinski definition) is 0. The lowest BCUT2D eigenvalue weighted by molar-refractivity contribution is 0.268. The SMILES string of the molecule is Bc1ccccc1OCCCCOc1ccccc1B. The zero-order chi connectivity index (χ0) is 14.2. The first-order valence-corrected chi connectivity index (χ1v) is 7.14. The van der Waals surface area contributed by atoms with Gasteiger partial charge in [-0.2, -0.15) is 0 Å². The molecule has 0 aliphatic heterocycles. The molecule has 0 aromatic heterocycles. The molecule has 4 heteroatoms. The van der Waals surface area contributed by atoms with Crippen molar-refractivity contribution in [3.8, 4) is 11.5 Å². The molecular weight excluding hydrogens is 246 g/mol. The van der Waals surface area contributed by atoms with Crippen molar-refractivity contribution < 1.29 is 9.47 Å². The predicted molar refractivity (Wildman–Crippen MR) is 89.5 cm³/mol. The van der Waals surface area contributed by atoms with Crippen molar-refractivity contribution in [3.63, 3.8) is 0 Å². The van der Waals surface area contributed by atoms with Crippen molar-refractivity contribution in [2.24, 2.45) is 0 Å². The summed E-state index contributed by atoms with van der Waals surface area (Å²) in [6.07, 6.45) is 2.00. The van der Waals surface area contributed by atoms with Gasteiger partial charge in [0.15, 0.2) is 0 Å². The first-order valence-electron chi connectivity index (χ1n) is 7.14. The van der Waals surface area contributed by atoms with Gasteiger partial charge in [0.25, 0.3) is 0 Å². The average Bonchev–Trinajstić information content (AvgIpc) is 2.46. The molecule has 0 unspecified atom stereocenters. The summed E-state index contributed by atoms with van der Waals surface area (Å²) < 4.78 is 11.5. The van der Waals surface area contributed by atoms with Gasteiger partial charge in [-0.05, 0) is 35.9 Å². The Morgan fingerprint density at radius 2 is 1.05 bits per heavy atom. The third-order valence-electron chi connectivity index (χ3n) is 3.24. The molecule has 0 spiro atoms. The first kappa shape index (κ1) is 14.6. The molecule has 20 heavy (non-hydrogen) atoms. The normalized spacial score (nSPS) is 10.2. The fourth-order valence-corrected chi connectivity index (χ4v) is 2.01. The highest BCUT2D eigenvalue weighted by Crippen LogP contribution is 2.07. The monoisotopic (exact) mass is 266 g/mol. The first-order chi connectivity index (χ1) is 9.77. The van der Waals surface area contributed by atoms with Crippen LogP contribution in [0.1, 0.15) is 12.8 Å². The smallest absolute Gasteiger partial charge is 0.144 e. The van der Waals surface area contributed by atoms with Gasteiger partial charge >= 0.3 is 0 Å².